The van der Waals surface area contributed by atoms with E-state index in [1.54, 1.807) is 12.1 Å². The van der Waals surface area contributed by atoms with E-state index in [0.29, 0.717) is 31.6 Å². The van der Waals surface area contributed by atoms with Gasteiger partial charge in [-0.25, -0.2) is 8.77 Å². The predicted octanol–water partition coefficient (Wildman–Crippen LogP) is 2.20. The number of phosphoric acid groups is 1. The zero-order valence-electron chi connectivity index (χ0n) is 17.2. The summed E-state index contributed by atoms with van der Waals surface area (Å²) in [5.74, 6) is -0.000391. The minimum atomic E-state index is -3.87. The van der Waals surface area contributed by atoms with Gasteiger partial charge in [0.2, 0.25) is 5.91 Å². The van der Waals surface area contributed by atoms with Crippen molar-refractivity contribution in [2.45, 2.75) is 38.5 Å². The van der Waals surface area contributed by atoms with Crippen LogP contribution < -0.4 is 15.4 Å². The number of unbranched alkanes of at least 4 members (excludes halogenated alkanes) is 3. The van der Waals surface area contributed by atoms with Gasteiger partial charge in [0.25, 0.3) is 11.3 Å². The van der Waals surface area contributed by atoms with Crippen molar-refractivity contribution in [2.75, 3.05) is 38.1 Å². The lowest BCUT2D eigenvalue weighted by molar-refractivity contribution is -0.121. The molecule has 1 aromatic carbocycles. The summed E-state index contributed by atoms with van der Waals surface area (Å²) in [6.07, 6.45) is 4.44. The quantitative estimate of drug-likeness (QED) is 0.134. The Labute approximate surface area is 180 Å². The van der Waals surface area contributed by atoms with Gasteiger partial charge in [-0.1, -0.05) is 25.0 Å². The average molecular weight is 466 g/mol. The molecule has 0 saturated heterocycles. The zero-order valence-corrected chi connectivity index (χ0v) is 18.9. The van der Waals surface area contributed by atoms with Crippen molar-refractivity contribution in [1.29, 1.82) is 0 Å². The van der Waals surface area contributed by atoms with E-state index in [9.17, 15) is 13.6 Å². The first-order valence-electron chi connectivity index (χ1n) is 9.79. The first-order chi connectivity index (χ1) is 14.3. The van der Waals surface area contributed by atoms with E-state index in [1.165, 1.54) is 0 Å². The minimum Gasteiger partial charge on any atom is -0.356 e. The summed E-state index contributed by atoms with van der Waals surface area (Å²) >= 11 is -2.07. The van der Waals surface area contributed by atoms with E-state index in [1.807, 2.05) is 12.1 Å². The van der Waals surface area contributed by atoms with Crippen molar-refractivity contribution < 1.29 is 32.1 Å². The molecule has 0 aliphatic carbocycles. The van der Waals surface area contributed by atoms with Gasteiger partial charge >= 0.3 is 7.82 Å². The predicted molar refractivity (Wildman–Crippen MR) is 116 cm³/mol. The van der Waals surface area contributed by atoms with Crippen LogP contribution in [0.5, 0.6) is 0 Å². The van der Waals surface area contributed by atoms with Gasteiger partial charge in [-0.15, -0.1) is 0 Å². The number of amides is 1. The van der Waals surface area contributed by atoms with Crippen LogP contribution in [-0.4, -0.2) is 52.9 Å². The molecule has 0 aliphatic rings. The number of phosphoric ester groups is 1. The van der Waals surface area contributed by atoms with Gasteiger partial charge in [-0.05, 0) is 43.5 Å². The number of hydrogen-bond donors (Lipinski definition) is 5. The molecule has 1 aromatic rings. The van der Waals surface area contributed by atoms with Crippen LogP contribution in [-0.2, 0) is 36.1 Å². The van der Waals surface area contributed by atoms with Gasteiger partial charge in [0, 0.05) is 32.3 Å². The van der Waals surface area contributed by atoms with Gasteiger partial charge in [0.05, 0.1) is 6.61 Å². The van der Waals surface area contributed by atoms with Crippen molar-refractivity contribution in [3.05, 3.63) is 29.8 Å². The molecule has 1 amide bonds. The molecule has 0 radical (unpaired) electrons. The molecule has 12 heteroatoms. The monoisotopic (exact) mass is 465 g/mol. The number of benzene rings is 1. The van der Waals surface area contributed by atoms with Crippen LogP contribution in [0.3, 0.4) is 0 Å². The normalized spacial score (nSPS) is 14.1. The Morgan fingerprint density at radius 2 is 1.80 bits per heavy atom. The van der Waals surface area contributed by atoms with E-state index >= 15 is 0 Å². The van der Waals surface area contributed by atoms with Gasteiger partial charge in [0.15, 0.2) is 0 Å². The van der Waals surface area contributed by atoms with Gasteiger partial charge in [-0.3, -0.25) is 23.1 Å². The summed E-state index contributed by atoms with van der Waals surface area (Å²) in [5.41, 5.74) is 1.68. The van der Waals surface area contributed by atoms with Crippen molar-refractivity contribution >= 4 is 30.7 Å². The molecule has 0 aromatic heterocycles. The molecule has 5 N–H and O–H groups in total. The first kappa shape index (κ1) is 26.7. The summed E-state index contributed by atoms with van der Waals surface area (Å²) in [5, 5.41) is 6.09. The molecule has 0 spiro atoms. The molecular formula is C18H32N3O7PS. The standard InChI is InChI=1S/C18H32N3O7PS/c1-27-29(23,24)28-15-5-3-2-4-12-20-18(22)11-14-19-13-10-16-6-8-17(9-7-16)21-30(25)26/h6-9,19,21H,2-5,10-15H2,1H3,(H,20,22)(H,23,24)(H,25,26). The van der Waals surface area contributed by atoms with E-state index in [2.05, 4.69) is 19.9 Å². The van der Waals surface area contributed by atoms with Crippen molar-refractivity contribution in [3.8, 4) is 0 Å². The van der Waals surface area contributed by atoms with Crippen LogP contribution in [0.2, 0.25) is 0 Å². The lowest BCUT2D eigenvalue weighted by atomic mass is 10.1. The molecule has 0 fully saturated rings. The second-order valence-corrected chi connectivity index (χ2v) is 8.81. The van der Waals surface area contributed by atoms with Crippen molar-refractivity contribution in [2.24, 2.45) is 0 Å². The van der Waals surface area contributed by atoms with Crippen LogP contribution in [0.4, 0.5) is 5.69 Å². The van der Waals surface area contributed by atoms with Gasteiger partial charge in [-0.2, -0.15) is 0 Å². The number of rotatable bonds is 17. The SMILES string of the molecule is COP(=O)(O)OCCCCCCNC(=O)CCNCCc1ccc(NS(=O)O)cc1. The number of nitrogens with one attached hydrogen (secondary N) is 3. The van der Waals surface area contributed by atoms with E-state index in [-0.39, 0.29) is 12.5 Å². The summed E-state index contributed by atoms with van der Waals surface area (Å²) in [7, 11) is -2.75. The Bertz CT molecular complexity index is 691. The smallest absolute Gasteiger partial charge is 0.356 e. The maximum Gasteiger partial charge on any atom is 0.471 e. The highest BCUT2D eigenvalue weighted by Crippen LogP contribution is 2.41. The van der Waals surface area contributed by atoms with Crippen LogP contribution in [0.1, 0.15) is 37.7 Å². The Balaban J connectivity index is 1.96. The fourth-order valence-electron chi connectivity index (χ4n) is 2.53. The average Bonchev–Trinajstić information content (AvgIpc) is 2.70. The largest absolute Gasteiger partial charge is 0.471 e. The molecule has 0 aliphatic heterocycles. The lowest BCUT2D eigenvalue weighted by Gasteiger charge is -2.09. The zero-order chi connectivity index (χ0) is 22.2. The number of carbonyl (C=O) groups is 1. The summed E-state index contributed by atoms with van der Waals surface area (Å²) in [6, 6.07) is 7.26. The Morgan fingerprint density at radius 3 is 2.47 bits per heavy atom. The third-order valence-corrected chi connectivity index (χ3v) is 5.54. The fourth-order valence-corrected chi connectivity index (χ4v) is 3.33. The molecule has 0 heterocycles. The lowest BCUT2D eigenvalue weighted by Crippen LogP contribution is -2.29. The van der Waals surface area contributed by atoms with E-state index in [4.69, 9.17) is 14.0 Å². The summed E-state index contributed by atoms with van der Waals surface area (Å²) < 4.78 is 41.9. The van der Waals surface area contributed by atoms with Crippen molar-refractivity contribution in [1.82, 2.24) is 10.6 Å². The molecular weight excluding hydrogens is 433 g/mol. The maximum atomic E-state index is 11.8. The number of carbonyl (C=O) groups excluding carboxylic acids is 1. The molecule has 0 saturated carbocycles. The fraction of sp³-hybridized carbons (Fsp3) is 0.611. The summed E-state index contributed by atoms with van der Waals surface area (Å²) in [6.45, 7) is 2.10. The van der Waals surface area contributed by atoms with Gasteiger partial charge in [0.1, 0.15) is 0 Å². The van der Waals surface area contributed by atoms with Crippen molar-refractivity contribution in [3.63, 3.8) is 0 Å². The second-order valence-electron chi connectivity index (χ2n) is 6.55. The van der Waals surface area contributed by atoms with E-state index < -0.39 is 19.1 Å². The Morgan fingerprint density at radius 1 is 1.10 bits per heavy atom. The topological polar surface area (TPSA) is 146 Å². The first-order valence-corrected chi connectivity index (χ1v) is 12.4. The summed E-state index contributed by atoms with van der Waals surface area (Å²) in [4.78, 5) is 20.8. The highest BCUT2D eigenvalue weighted by atomic mass is 32.2. The van der Waals surface area contributed by atoms with Crippen LogP contribution in [0.25, 0.3) is 0 Å². The van der Waals surface area contributed by atoms with E-state index in [0.717, 1.165) is 44.9 Å². The third kappa shape index (κ3) is 13.8. The second kappa shape index (κ2) is 15.5. The highest BCUT2D eigenvalue weighted by molar-refractivity contribution is 7.80. The van der Waals surface area contributed by atoms with Crippen LogP contribution in [0.15, 0.2) is 24.3 Å². The Kier molecular flexibility index (Phi) is 13.8. The molecule has 10 nitrogen and oxygen atoms in total. The molecule has 30 heavy (non-hydrogen) atoms. The molecule has 172 valence electrons. The number of anilines is 1. The molecule has 1 rings (SSSR count). The molecule has 2 unspecified atom stereocenters. The molecule has 0 bridgehead atoms. The minimum absolute atomic E-state index is 0.000391. The Hall–Kier alpha value is -1.33. The van der Waals surface area contributed by atoms with Crippen LogP contribution >= 0.6 is 7.82 Å². The number of hydrogen-bond acceptors (Lipinski definition) is 6. The maximum absolute atomic E-state index is 11.8. The van der Waals surface area contributed by atoms with Gasteiger partial charge < -0.3 is 15.5 Å². The highest BCUT2D eigenvalue weighted by Gasteiger charge is 2.17. The van der Waals surface area contributed by atoms with Crippen LogP contribution in [0, 0.1) is 0 Å². The third-order valence-electron chi connectivity index (χ3n) is 4.16. The molecule has 2 atom stereocenters.